The Labute approximate surface area is 89.0 Å². The van der Waals surface area contributed by atoms with Gasteiger partial charge in [0.05, 0.1) is 12.3 Å². The topological polar surface area (TPSA) is 32.6 Å². The monoisotopic (exact) mass is 237 g/mol. The van der Waals surface area contributed by atoms with Crippen molar-refractivity contribution in [2.45, 2.75) is 12.8 Å². The second-order valence-electron chi connectivity index (χ2n) is 2.69. The number of rotatable bonds is 2. The maximum Gasteiger partial charge on any atom is 0.444 e. The molecule has 0 heterocycles. The summed E-state index contributed by atoms with van der Waals surface area (Å²) in [7, 11) is 0. The molecule has 0 saturated carbocycles. The molecule has 0 aromatic heterocycles. The Hall–Kier alpha value is -1.07. The Kier molecular flexibility index (Phi) is 3.71. The van der Waals surface area contributed by atoms with Crippen LogP contribution in [-0.2, 0) is 6.61 Å². The molecule has 15 heavy (non-hydrogen) atoms. The van der Waals surface area contributed by atoms with Crippen LogP contribution in [0.3, 0.4) is 0 Å². The van der Waals surface area contributed by atoms with Crippen molar-refractivity contribution in [3.63, 3.8) is 0 Å². The van der Waals surface area contributed by atoms with Gasteiger partial charge in [0.2, 0.25) is 5.17 Å². The van der Waals surface area contributed by atoms with E-state index in [0.29, 0.717) is 5.56 Å². The molecule has 0 radical (unpaired) electrons. The molecule has 0 spiro atoms. The largest absolute Gasteiger partial charge is 0.444 e. The number of nitrogens with zero attached hydrogens (tertiary/aromatic N) is 1. The second-order valence-corrected chi connectivity index (χ2v) is 3.05. The molecule has 0 unspecified atom stereocenters. The van der Waals surface area contributed by atoms with E-state index in [2.05, 4.69) is 4.99 Å². The van der Waals surface area contributed by atoms with Crippen LogP contribution in [0.15, 0.2) is 29.3 Å². The minimum Gasteiger partial charge on any atom is -0.392 e. The second kappa shape index (κ2) is 4.63. The molecule has 82 valence electrons. The molecule has 0 fully saturated rings. The SMILES string of the molecule is OCc1ccccc1N=C(Cl)C(F)(F)F. The Morgan fingerprint density at radius 3 is 2.47 bits per heavy atom. The van der Waals surface area contributed by atoms with Gasteiger partial charge >= 0.3 is 6.18 Å². The lowest BCUT2D eigenvalue weighted by molar-refractivity contribution is -0.0558. The van der Waals surface area contributed by atoms with Crippen molar-refractivity contribution < 1.29 is 18.3 Å². The quantitative estimate of drug-likeness (QED) is 0.788. The molecule has 0 aliphatic rings. The summed E-state index contributed by atoms with van der Waals surface area (Å²) in [5, 5.41) is 7.39. The fourth-order valence-corrected chi connectivity index (χ4v) is 1.01. The van der Waals surface area contributed by atoms with E-state index < -0.39 is 11.3 Å². The van der Waals surface area contributed by atoms with Gasteiger partial charge in [-0.25, -0.2) is 4.99 Å². The molecule has 2 nitrogen and oxygen atoms in total. The Balaban J connectivity index is 3.08. The summed E-state index contributed by atoms with van der Waals surface area (Å²) in [6.07, 6.45) is -4.66. The number of aliphatic imine (C=N–C) groups is 1. The predicted octanol–water partition coefficient (Wildman–Crippen LogP) is 3.01. The molecule has 1 rings (SSSR count). The van der Waals surface area contributed by atoms with Crippen LogP contribution >= 0.6 is 11.6 Å². The zero-order chi connectivity index (χ0) is 11.5. The van der Waals surface area contributed by atoms with Crippen molar-refractivity contribution >= 4 is 22.5 Å². The molecule has 0 amide bonds. The Morgan fingerprint density at radius 2 is 1.93 bits per heavy atom. The summed E-state index contributed by atoms with van der Waals surface area (Å²) in [5.41, 5.74) is 0.308. The average molecular weight is 238 g/mol. The van der Waals surface area contributed by atoms with Crippen LogP contribution in [-0.4, -0.2) is 16.5 Å². The van der Waals surface area contributed by atoms with E-state index in [1.165, 1.54) is 18.2 Å². The number of aliphatic hydroxyl groups excluding tert-OH is 1. The molecule has 1 N–H and O–H groups in total. The molecule has 1 aromatic rings. The van der Waals surface area contributed by atoms with Gasteiger partial charge in [-0.1, -0.05) is 29.8 Å². The first-order valence-electron chi connectivity index (χ1n) is 3.95. The van der Waals surface area contributed by atoms with Crippen LogP contribution in [0.4, 0.5) is 18.9 Å². The number of para-hydroxylation sites is 1. The Morgan fingerprint density at radius 1 is 1.33 bits per heavy atom. The van der Waals surface area contributed by atoms with E-state index in [-0.39, 0.29) is 12.3 Å². The molecule has 6 heteroatoms. The van der Waals surface area contributed by atoms with E-state index in [4.69, 9.17) is 16.7 Å². The van der Waals surface area contributed by atoms with Crippen LogP contribution in [0.1, 0.15) is 5.56 Å². The van der Waals surface area contributed by atoms with Gasteiger partial charge in [-0.05, 0) is 6.07 Å². The van der Waals surface area contributed by atoms with E-state index in [0.717, 1.165) is 0 Å². The van der Waals surface area contributed by atoms with Gasteiger partial charge in [0.25, 0.3) is 0 Å². The molecule has 1 aromatic carbocycles. The van der Waals surface area contributed by atoms with Crippen molar-refractivity contribution in [3.8, 4) is 0 Å². The number of hydrogen-bond acceptors (Lipinski definition) is 2. The van der Waals surface area contributed by atoms with Gasteiger partial charge in [-0.3, -0.25) is 0 Å². The van der Waals surface area contributed by atoms with Crippen molar-refractivity contribution in [1.29, 1.82) is 0 Å². The standard InChI is InChI=1S/C9H7ClF3NO/c10-8(9(11,12)13)14-7-4-2-1-3-6(7)5-15/h1-4,15H,5H2. The normalized spacial score (nSPS) is 13.0. The summed E-state index contributed by atoms with van der Waals surface area (Å²) < 4.78 is 36.1. The third kappa shape index (κ3) is 3.21. The molecular weight excluding hydrogens is 231 g/mol. The lowest BCUT2D eigenvalue weighted by Crippen LogP contribution is -2.16. The minimum atomic E-state index is -4.66. The lowest BCUT2D eigenvalue weighted by Gasteiger charge is -2.05. The van der Waals surface area contributed by atoms with Crippen molar-refractivity contribution in [1.82, 2.24) is 0 Å². The van der Waals surface area contributed by atoms with Crippen LogP contribution in [0.25, 0.3) is 0 Å². The van der Waals surface area contributed by atoms with Crippen molar-refractivity contribution in [2.24, 2.45) is 4.99 Å². The van der Waals surface area contributed by atoms with Crippen LogP contribution in [0.2, 0.25) is 0 Å². The third-order valence-electron chi connectivity index (χ3n) is 1.61. The zero-order valence-corrected chi connectivity index (χ0v) is 8.18. The van der Waals surface area contributed by atoms with Gasteiger partial charge in [0.15, 0.2) is 0 Å². The summed E-state index contributed by atoms with van der Waals surface area (Å²) >= 11 is 4.96. The fourth-order valence-electron chi connectivity index (χ4n) is 0.923. The maximum atomic E-state index is 12.0. The van der Waals surface area contributed by atoms with E-state index in [1.807, 2.05) is 0 Å². The minimum absolute atomic E-state index is 0.0160. The highest BCUT2D eigenvalue weighted by molar-refractivity contribution is 6.67. The lowest BCUT2D eigenvalue weighted by atomic mass is 10.2. The van der Waals surface area contributed by atoms with Crippen LogP contribution < -0.4 is 0 Å². The smallest absolute Gasteiger partial charge is 0.392 e. The number of halogens is 4. The van der Waals surface area contributed by atoms with Crippen molar-refractivity contribution in [3.05, 3.63) is 29.8 Å². The van der Waals surface area contributed by atoms with Gasteiger partial charge in [0, 0.05) is 5.56 Å². The number of alkyl halides is 3. The maximum absolute atomic E-state index is 12.0. The van der Waals surface area contributed by atoms with Gasteiger partial charge < -0.3 is 5.11 Å². The Bertz CT molecular complexity index is 376. The van der Waals surface area contributed by atoms with Gasteiger partial charge in [-0.15, -0.1) is 0 Å². The summed E-state index contributed by atoms with van der Waals surface area (Å²) in [6.45, 7) is -0.387. The molecule has 0 bridgehead atoms. The molecule has 0 atom stereocenters. The first-order chi connectivity index (χ1) is 6.95. The molecule has 0 aliphatic heterocycles. The average Bonchev–Trinajstić information content (AvgIpc) is 2.17. The predicted molar refractivity (Wildman–Crippen MR) is 51.4 cm³/mol. The molecule has 0 aliphatic carbocycles. The number of benzene rings is 1. The zero-order valence-electron chi connectivity index (χ0n) is 7.42. The number of hydrogen-bond donors (Lipinski definition) is 1. The van der Waals surface area contributed by atoms with Gasteiger partial charge in [-0.2, -0.15) is 13.2 Å². The first kappa shape index (κ1) is 12.0. The highest BCUT2D eigenvalue weighted by Gasteiger charge is 2.34. The van der Waals surface area contributed by atoms with E-state index in [9.17, 15) is 13.2 Å². The molecule has 0 saturated heterocycles. The van der Waals surface area contributed by atoms with Crippen molar-refractivity contribution in [2.75, 3.05) is 0 Å². The molecular formula is C9H7ClF3NO. The summed E-state index contributed by atoms with van der Waals surface area (Å²) in [6, 6.07) is 5.92. The van der Waals surface area contributed by atoms with Crippen LogP contribution in [0, 0.1) is 0 Å². The van der Waals surface area contributed by atoms with E-state index >= 15 is 0 Å². The summed E-state index contributed by atoms with van der Waals surface area (Å²) in [5.74, 6) is 0. The first-order valence-corrected chi connectivity index (χ1v) is 4.33. The van der Waals surface area contributed by atoms with Crippen LogP contribution in [0.5, 0.6) is 0 Å². The summed E-state index contributed by atoms with van der Waals surface area (Å²) in [4.78, 5) is 3.20. The third-order valence-corrected chi connectivity index (χ3v) is 1.91. The van der Waals surface area contributed by atoms with Gasteiger partial charge in [0.1, 0.15) is 0 Å². The number of aliphatic hydroxyl groups is 1. The highest BCUT2D eigenvalue weighted by Crippen LogP contribution is 2.25. The highest BCUT2D eigenvalue weighted by atomic mass is 35.5. The van der Waals surface area contributed by atoms with E-state index in [1.54, 1.807) is 6.07 Å². The fraction of sp³-hybridized carbons (Fsp3) is 0.222.